The molecular formula is C14H14N2OS. The molecule has 0 saturated carbocycles. The lowest BCUT2D eigenvalue weighted by molar-refractivity contribution is 0.478. The first-order chi connectivity index (χ1) is 8.70. The average molecular weight is 258 g/mol. The van der Waals surface area contributed by atoms with E-state index in [-0.39, 0.29) is 0 Å². The van der Waals surface area contributed by atoms with Crippen molar-refractivity contribution in [2.75, 3.05) is 0 Å². The van der Waals surface area contributed by atoms with Gasteiger partial charge >= 0.3 is 0 Å². The molecule has 0 radical (unpaired) electrons. The molecule has 0 spiro atoms. The predicted octanol–water partition coefficient (Wildman–Crippen LogP) is 3.07. The summed E-state index contributed by atoms with van der Waals surface area (Å²) < 4.78 is 5.78. The predicted molar refractivity (Wildman–Crippen MR) is 76.0 cm³/mol. The maximum absolute atomic E-state index is 5.78. The molecule has 0 bridgehead atoms. The summed E-state index contributed by atoms with van der Waals surface area (Å²) in [4.78, 5) is 4.33. The van der Waals surface area contributed by atoms with E-state index in [1.165, 1.54) is 5.56 Å². The van der Waals surface area contributed by atoms with E-state index in [4.69, 9.17) is 22.7 Å². The summed E-state index contributed by atoms with van der Waals surface area (Å²) >= 11 is 4.98. The zero-order chi connectivity index (χ0) is 13.0. The third-order valence-corrected chi connectivity index (χ3v) is 2.80. The molecule has 0 unspecified atom stereocenters. The number of nitrogens with zero attached hydrogens (tertiary/aromatic N) is 1. The van der Waals surface area contributed by atoms with E-state index >= 15 is 0 Å². The minimum Gasteiger partial charge on any atom is -0.455 e. The maximum atomic E-state index is 5.78. The zero-order valence-electron chi connectivity index (χ0n) is 10.1. The largest absolute Gasteiger partial charge is 0.455 e. The highest BCUT2D eigenvalue weighted by molar-refractivity contribution is 7.80. The number of nitrogens with two attached hydrogens (primary N) is 1. The summed E-state index contributed by atoms with van der Waals surface area (Å²) in [5, 5.41) is 0. The van der Waals surface area contributed by atoms with E-state index in [0.29, 0.717) is 16.3 Å². The number of rotatable bonds is 4. The number of benzene rings is 1. The second kappa shape index (κ2) is 5.60. The molecule has 1 heterocycles. The van der Waals surface area contributed by atoms with Gasteiger partial charge in [0.25, 0.3) is 0 Å². The number of aryl methyl sites for hydroxylation is 1. The van der Waals surface area contributed by atoms with Crippen LogP contribution in [0.3, 0.4) is 0 Å². The van der Waals surface area contributed by atoms with Crippen LogP contribution in [-0.4, -0.2) is 9.97 Å². The minimum absolute atomic E-state index is 0.305. The van der Waals surface area contributed by atoms with Crippen molar-refractivity contribution in [1.82, 2.24) is 4.98 Å². The van der Waals surface area contributed by atoms with Crippen LogP contribution >= 0.6 is 12.2 Å². The van der Waals surface area contributed by atoms with Crippen molar-refractivity contribution < 1.29 is 4.74 Å². The van der Waals surface area contributed by atoms with E-state index in [9.17, 15) is 0 Å². The van der Waals surface area contributed by atoms with Crippen molar-refractivity contribution in [1.29, 1.82) is 0 Å². The topological polar surface area (TPSA) is 48.1 Å². The lowest BCUT2D eigenvalue weighted by atomic mass is 10.1. The summed E-state index contributed by atoms with van der Waals surface area (Å²) in [5.74, 6) is 1.35. The highest BCUT2D eigenvalue weighted by Gasteiger charge is 2.07. The normalized spacial score (nSPS) is 10.1. The van der Waals surface area contributed by atoms with Crippen LogP contribution in [0.25, 0.3) is 0 Å². The summed E-state index contributed by atoms with van der Waals surface area (Å²) in [7, 11) is 0. The zero-order valence-corrected chi connectivity index (χ0v) is 10.9. The van der Waals surface area contributed by atoms with Crippen molar-refractivity contribution in [2.24, 2.45) is 5.73 Å². The molecular weight excluding hydrogens is 244 g/mol. The van der Waals surface area contributed by atoms with Crippen LogP contribution in [0.15, 0.2) is 42.7 Å². The Morgan fingerprint density at radius 2 is 2.22 bits per heavy atom. The first kappa shape index (κ1) is 12.5. The molecule has 18 heavy (non-hydrogen) atoms. The van der Waals surface area contributed by atoms with E-state index in [1.807, 2.05) is 18.2 Å². The van der Waals surface area contributed by atoms with Gasteiger partial charge in [-0.2, -0.15) is 0 Å². The summed E-state index contributed by atoms with van der Waals surface area (Å²) in [5.41, 5.74) is 7.56. The molecule has 92 valence electrons. The van der Waals surface area contributed by atoms with Gasteiger partial charge in [0.15, 0.2) is 5.75 Å². The van der Waals surface area contributed by atoms with Crippen molar-refractivity contribution in [3.8, 4) is 11.5 Å². The Bertz CT molecular complexity index is 569. The van der Waals surface area contributed by atoms with Crippen LogP contribution in [0.2, 0.25) is 0 Å². The number of thiocarbonyl (C=S) groups is 1. The molecule has 2 rings (SSSR count). The molecule has 0 saturated heterocycles. The third kappa shape index (κ3) is 2.84. The Morgan fingerprint density at radius 3 is 2.94 bits per heavy atom. The first-order valence-electron chi connectivity index (χ1n) is 5.71. The summed E-state index contributed by atoms with van der Waals surface area (Å²) in [6.45, 7) is 2.10. The van der Waals surface area contributed by atoms with Gasteiger partial charge in [0.1, 0.15) is 10.7 Å². The number of hydrogen-bond donors (Lipinski definition) is 1. The minimum atomic E-state index is 0.305. The number of aromatic nitrogens is 1. The number of hydrogen-bond acceptors (Lipinski definition) is 3. The lowest BCUT2D eigenvalue weighted by Crippen LogP contribution is -2.10. The second-order valence-electron chi connectivity index (χ2n) is 3.84. The molecule has 0 fully saturated rings. The SMILES string of the molecule is CCc1cccc(Oc2cnccc2C(N)=S)c1. The maximum Gasteiger partial charge on any atom is 0.155 e. The van der Waals surface area contributed by atoms with Crippen molar-refractivity contribution in [3.05, 3.63) is 53.9 Å². The lowest BCUT2D eigenvalue weighted by Gasteiger charge is -2.10. The van der Waals surface area contributed by atoms with Crippen molar-refractivity contribution >= 4 is 17.2 Å². The quantitative estimate of drug-likeness (QED) is 0.856. The summed E-state index contributed by atoms with van der Waals surface area (Å²) in [6, 6.07) is 9.67. The smallest absolute Gasteiger partial charge is 0.155 e. The molecule has 1 aromatic heterocycles. The highest BCUT2D eigenvalue weighted by atomic mass is 32.1. The Balaban J connectivity index is 2.31. The molecule has 0 aliphatic heterocycles. The Morgan fingerprint density at radius 1 is 1.39 bits per heavy atom. The standard InChI is InChI=1S/C14H14N2OS/c1-2-10-4-3-5-11(8-10)17-13-9-16-7-6-12(13)14(15)18/h3-9H,2H2,1H3,(H2,15,18). The fourth-order valence-electron chi connectivity index (χ4n) is 1.62. The van der Waals surface area contributed by atoms with Crippen LogP contribution in [-0.2, 0) is 6.42 Å². The van der Waals surface area contributed by atoms with Gasteiger partial charge in [-0.1, -0.05) is 31.3 Å². The van der Waals surface area contributed by atoms with Crippen LogP contribution in [0.1, 0.15) is 18.1 Å². The Kier molecular flexibility index (Phi) is 3.89. The molecule has 0 aliphatic carbocycles. The Labute approximate surface area is 112 Å². The monoisotopic (exact) mass is 258 g/mol. The van der Waals surface area contributed by atoms with Crippen LogP contribution in [0, 0.1) is 0 Å². The van der Waals surface area contributed by atoms with Crippen LogP contribution in [0.5, 0.6) is 11.5 Å². The third-order valence-electron chi connectivity index (χ3n) is 2.58. The molecule has 0 aliphatic rings. The van der Waals surface area contributed by atoms with E-state index in [0.717, 1.165) is 12.2 Å². The molecule has 2 aromatic rings. The van der Waals surface area contributed by atoms with Crippen molar-refractivity contribution in [3.63, 3.8) is 0 Å². The fraction of sp³-hybridized carbons (Fsp3) is 0.143. The molecule has 2 N–H and O–H groups in total. The fourth-order valence-corrected chi connectivity index (χ4v) is 1.79. The van der Waals surface area contributed by atoms with E-state index in [2.05, 4.69) is 18.0 Å². The molecule has 0 atom stereocenters. The highest BCUT2D eigenvalue weighted by Crippen LogP contribution is 2.25. The number of ether oxygens (including phenoxy) is 1. The Hall–Kier alpha value is -1.94. The number of pyridine rings is 1. The van der Waals surface area contributed by atoms with Gasteiger partial charge in [0.05, 0.1) is 11.8 Å². The first-order valence-corrected chi connectivity index (χ1v) is 6.12. The van der Waals surface area contributed by atoms with Gasteiger partial charge in [-0.3, -0.25) is 4.98 Å². The van der Waals surface area contributed by atoms with Gasteiger partial charge in [0, 0.05) is 6.20 Å². The van der Waals surface area contributed by atoms with Gasteiger partial charge in [-0.05, 0) is 30.2 Å². The van der Waals surface area contributed by atoms with Crippen molar-refractivity contribution in [2.45, 2.75) is 13.3 Å². The second-order valence-corrected chi connectivity index (χ2v) is 4.28. The van der Waals surface area contributed by atoms with Gasteiger partial charge in [0.2, 0.25) is 0 Å². The van der Waals surface area contributed by atoms with Gasteiger partial charge < -0.3 is 10.5 Å². The average Bonchev–Trinajstić information content (AvgIpc) is 2.39. The van der Waals surface area contributed by atoms with Gasteiger partial charge in [-0.25, -0.2) is 0 Å². The summed E-state index contributed by atoms with van der Waals surface area (Å²) in [6.07, 6.45) is 4.23. The van der Waals surface area contributed by atoms with E-state index in [1.54, 1.807) is 18.5 Å². The van der Waals surface area contributed by atoms with Gasteiger partial charge in [-0.15, -0.1) is 0 Å². The van der Waals surface area contributed by atoms with Crippen LogP contribution in [0.4, 0.5) is 0 Å². The molecule has 1 aromatic carbocycles. The van der Waals surface area contributed by atoms with Crippen LogP contribution < -0.4 is 10.5 Å². The molecule has 3 nitrogen and oxygen atoms in total. The molecule has 0 amide bonds. The van der Waals surface area contributed by atoms with E-state index < -0.39 is 0 Å². The molecule has 4 heteroatoms.